The Bertz CT molecular complexity index is 2550. The van der Waals surface area contributed by atoms with Gasteiger partial charge < -0.3 is 4.57 Å². The summed E-state index contributed by atoms with van der Waals surface area (Å²) in [7, 11) is -5.03. The van der Waals surface area contributed by atoms with E-state index < -0.39 is 184 Å². The third-order valence-corrected chi connectivity index (χ3v) is 9.12. The van der Waals surface area contributed by atoms with Crippen molar-refractivity contribution in [3.05, 3.63) is 133 Å². The highest BCUT2D eigenvalue weighted by Gasteiger charge is 2.34. The predicted octanol–water partition coefficient (Wildman–Crippen LogP) is 5.88. The zero-order chi connectivity index (χ0) is 41.4. The lowest BCUT2D eigenvalue weighted by Crippen LogP contribution is -2.64. The third-order valence-electron chi connectivity index (χ3n) is 5.37. The van der Waals surface area contributed by atoms with Gasteiger partial charge in [0.1, 0.15) is 8.07 Å². The smallest absolute Gasteiger partial charge is 0.145 e. The molecule has 0 aliphatic heterocycles. The average Bonchev–Trinajstić information content (AvgIpc) is 3.49. The summed E-state index contributed by atoms with van der Waals surface area (Å²) in [6, 6.07) is -19.2. The second kappa shape index (κ2) is 7.91. The number of nitrogens with zero attached hydrogens (tertiary/aromatic N) is 1. The molecule has 1 aromatic heterocycles. The first-order valence-electron chi connectivity index (χ1n) is 20.7. The van der Waals surface area contributed by atoms with Gasteiger partial charge in [-0.05, 0) is 39.7 Å². The lowest BCUT2D eigenvalue weighted by molar-refractivity contribution is 1.18. The maximum atomic E-state index is 9.73. The largest absolute Gasteiger partial charge is 0.309 e. The number of rotatable bonds is 4. The van der Waals surface area contributed by atoms with Crippen LogP contribution < -0.4 is 15.6 Å². The van der Waals surface area contributed by atoms with Crippen molar-refractivity contribution >= 4 is 45.4 Å². The topological polar surface area (TPSA) is 4.93 Å². The third kappa shape index (κ3) is 3.14. The Morgan fingerprint density at radius 3 is 1.52 bits per heavy atom. The maximum absolute atomic E-state index is 9.73. The van der Waals surface area contributed by atoms with E-state index in [9.17, 15) is 2.74 Å². The summed E-state index contributed by atoms with van der Waals surface area (Å²) >= 11 is 0. The molecule has 0 bridgehead atoms. The van der Waals surface area contributed by atoms with Gasteiger partial charge in [0, 0.05) is 16.5 Å². The second-order valence-corrected chi connectivity index (χ2v) is 10.9. The van der Waals surface area contributed by atoms with Crippen LogP contribution >= 0.6 is 0 Å². The van der Waals surface area contributed by atoms with Gasteiger partial charge in [0.15, 0.2) is 0 Å². The molecule has 0 aliphatic rings. The number of benzene rings is 5. The fraction of sp³-hybridized carbons (Fsp3) is 0.0323. The van der Waals surface area contributed by atoms with Crippen molar-refractivity contribution in [1.29, 1.82) is 0 Å². The first kappa shape index (κ1) is 7.31. The van der Waals surface area contributed by atoms with Gasteiger partial charge >= 0.3 is 0 Å². The van der Waals surface area contributed by atoms with Gasteiger partial charge in [-0.15, -0.1) is 0 Å². The molecule has 158 valence electrons. The SMILES string of the molecule is [2H]c1c([2H])c([2H])c([Si](C)(c2c([2H])c([2H])c([2H])c([2H])c2[2H])c2c([2H])c([2H])c([2H])c(-n3c4c([2H])c([2H])c([2H])c([2H])c4c4c([2H])c([2H])c([2H])c([2H])c43)c2[2H])c([2H])c1[2H]. The van der Waals surface area contributed by atoms with E-state index in [-0.39, 0.29) is 0 Å². The molecular formula is C31H25NSi. The van der Waals surface area contributed by atoms with E-state index in [1.807, 2.05) is 0 Å². The van der Waals surface area contributed by atoms with Gasteiger partial charge in [0.2, 0.25) is 0 Å². The van der Waals surface area contributed by atoms with E-state index in [0.29, 0.717) is 0 Å². The summed E-state index contributed by atoms with van der Waals surface area (Å²) in [4.78, 5) is 0. The lowest BCUT2D eigenvalue weighted by atomic mass is 10.2. The van der Waals surface area contributed by atoms with Crippen LogP contribution in [-0.4, -0.2) is 12.6 Å². The normalized spacial score (nSPS) is 21.1. The van der Waals surface area contributed by atoms with Gasteiger partial charge in [-0.3, -0.25) is 0 Å². The van der Waals surface area contributed by atoms with Crippen LogP contribution in [0.2, 0.25) is 6.55 Å². The quantitative estimate of drug-likeness (QED) is 0.228. The standard InChI is InChI=1S/C31H25NSi/c1-33(25-14-4-2-5-15-25,26-16-6-3-7-17-26)27-18-12-13-24(23-27)32-30-21-10-8-19-28(30)29-20-9-11-22-31(29)32/h2-23H,1H3/i2D,3D,4D,5D,6D,7D,8D,9D,10D,11D,12D,13D,14D,15D,16D,17D,18D,19D,20D,21D,22D,23D. The Balaban J connectivity index is 2.00. The van der Waals surface area contributed by atoms with Crippen molar-refractivity contribution in [2.45, 2.75) is 6.55 Å². The number of aromatic nitrogens is 1. The van der Waals surface area contributed by atoms with Gasteiger partial charge in [-0.1, -0.05) is 115 Å². The van der Waals surface area contributed by atoms with Crippen molar-refractivity contribution in [2.24, 2.45) is 0 Å². The lowest BCUT2D eigenvalue weighted by Gasteiger charge is -2.30. The highest BCUT2D eigenvalue weighted by atomic mass is 28.3. The minimum absolute atomic E-state index is 0.439. The van der Waals surface area contributed by atoms with Crippen molar-refractivity contribution in [3.63, 3.8) is 0 Å². The van der Waals surface area contributed by atoms with Gasteiger partial charge in [-0.2, -0.15) is 0 Å². The van der Waals surface area contributed by atoms with Crippen LogP contribution in [-0.2, 0) is 0 Å². The molecule has 0 spiro atoms. The molecule has 1 heterocycles. The van der Waals surface area contributed by atoms with Crippen LogP contribution in [0.5, 0.6) is 0 Å². The summed E-state index contributed by atoms with van der Waals surface area (Å²) < 4.78 is 193. The molecule has 6 rings (SSSR count). The van der Waals surface area contributed by atoms with E-state index in [1.54, 1.807) is 0 Å². The van der Waals surface area contributed by atoms with Crippen LogP contribution in [0.4, 0.5) is 0 Å². The second-order valence-electron chi connectivity index (χ2n) is 7.13. The molecule has 0 saturated carbocycles. The zero-order valence-corrected chi connectivity index (χ0v) is 17.9. The molecule has 5 aromatic carbocycles. The molecule has 0 unspecified atom stereocenters. The summed E-state index contributed by atoms with van der Waals surface area (Å²) in [6.07, 6.45) is 0. The monoisotopic (exact) mass is 461 g/mol. The fourth-order valence-electron chi connectivity index (χ4n) is 3.72. The Hall–Kier alpha value is -3.88. The molecule has 0 saturated heterocycles. The Kier molecular flexibility index (Phi) is 1.75. The van der Waals surface area contributed by atoms with Crippen LogP contribution in [0.1, 0.15) is 30.2 Å². The van der Waals surface area contributed by atoms with Crippen LogP contribution in [0, 0.1) is 0 Å². The highest BCUT2D eigenvalue weighted by Crippen LogP contribution is 2.31. The van der Waals surface area contributed by atoms with E-state index in [2.05, 4.69) is 0 Å². The van der Waals surface area contributed by atoms with E-state index in [0.717, 1.165) is 11.1 Å². The number of fused-ring (bicyclic) bond motifs is 3. The minimum atomic E-state index is -5.03. The molecule has 0 atom stereocenters. The molecule has 0 fully saturated rings. The molecule has 0 radical (unpaired) electrons. The van der Waals surface area contributed by atoms with Gasteiger partial charge in [0.25, 0.3) is 0 Å². The van der Waals surface area contributed by atoms with E-state index in [4.69, 9.17) is 27.4 Å². The van der Waals surface area contributed by atoms with Crippen molar-refractivity contribution in [2.75, 3.05) is 0 Å². The minimum Gasteiger partial charge on any atom is -0.309 e. The van der Waals surface area contributed by atoms with Gasteiger partial charge in [0.05, 0.1) is 41.2 Å². The maximum Gasteiger partial charge on any atom is 0.145 e. The van der Waals surface area contributed by atoms with E-state index in [1.165, 1.54) is 0 Å². The average molecular weight is 462 g/mol. The summed E-state index contributed by atoms with van der Waals surface area (Å²) in [6.45, 7) is 1.16. The summed E-state index contributed by atoms with van der Waals surface area (Å²) in [5.74, 6) is 0. The predicted molar refractivity (Wildman–Crippen MR) is 144 cm³/mol. The Morgan fingerprint density at radius 1 is 0.515 bits per heavy atom. The Labute approximate surface area is 226 Å². The molecule has 0 amide bonds. The summed E-state index contributed by atoms with van der Waals surface area (Å²) in [5.41, 5.74) is -1.89. The molecule has 1 nitrogen and oxygen atoms in total. The van der Waals surface area contributed by atoms with Crippen molar-refractivity contribution in [3.8, 4) is 5.69 Å². The molecule has 6 aromatic rings. The number of para-hydroxylation sites is 2. The Morgan fingerprint density at radius 2 is 0.970 bits per heavy atom. The van der Waals surface area contributed by atoms with Crippen LogP contribution in [0.25, 0.3) is 27.5 Å². The molecule has 2 heteroatoms. The zero-order valence-electron chi connectivity index (χ0n) is 38.9. The number of hydrogen-bond acceptors (Lipinski definition) is 0. The molecule has 0 N–H and O–H groups in total. The highest BCUT2D eigenvalue weighted by molar-refractivity contribution is 7.10. The molecule has 33 heavy (non-hydrogen) atoms. The first-order chi connectivity index (χ1) is 25.4. The molecule has 0 aliphatic carbocycles. The van der Waals surface area contributed by atoms with Crippen molar-refractivity contribution < 1.29 is 30.2 Å². The van der Waals surface area contributed by atoms with Crippen LogP contribution in [0.15, 0.2) is 133 Å². The molecular weight excluding hydrogens is 414 g/mol. The number of hydrogen-bond donors (Lipinski definition) is 0. The van der Waals surface area contributed by atoms with E-state index >= 15 is 0 Å². The van der Waals surface area contributed by atoms with Gasteiger partial charge in [-0.25, -0.2) is 0 Å². The first-order valence-corrected chi connectivity index (χ1v) is 12.2. The van der Waals surface area contributed by atoms with Crippen LogP contribution in [0.3, 0.4) is 0 Å². The fourth-order valence-corrected chi connectivity index (χ4v) is 6.40. The van der Waals surface area contributed by atoms with Crippen molar-refractivity contribution in [1.82, 2.24) is 4.57 Å². The summed E-state index contributed by atoms with van der Waals surface area (Å²) in [5, 5.41) is -2.87.